The topological polar surface area (TPSA) is 42.7 Å². The van der Waals surface area contributed by atoms with Crippen LogP contribution in [0, 0.1) is 6.92 Å². The summed E-state index contributed by atoms with van der Waals surface area (Å²) >= 11 is 0. The van der Waals surface area contributed by atoms with Crippen LogP contribution in [0.25, 0.3) is 0 Å². The maximum absolute atomic E-state index is 11.4. The summed E-state index contributed by atoms with van der Waals surface area (Å²) in [7, 11) is 2.96. The van der Waals surface area contributed by atoms with E-state index in [1.807, 2.05) is 0 Å². The zero-order valence-electron chi connectivity index (χ0n) is 7.33. The number of rotatable bonds is 2. The minimum Gasteiger partial charge on any atom is -0.459 e. The molecule has 0 aliphatic carbocycles. The molecule has 0 bridgehead atoms. The normalized spacial score (nSPS) is 9.92. The van der Waals surface area contributed by atoms with Gasteiger partial charge in [-0.3, -0.25) is 9.63 Å². The number of furan rings is 1. The van der Waals surface area contributed by atoms with Gasteiger partial charge >= 0.3 is 5.91 Å². The fourth-order valence-corrected chi connectivity index (χ4v) is 0.818. The van der Waals surface area contributed by atoms with Crippen LogP contribution in [0.4, 0.5) is 0 Å². The summed E-state index contributed by atoms with van der Waals surface area (Å²) in [5.41, 5.74) is 0.809. The van der Waals surface area contributed by atoms with E-state index in [1.54, 1.807) is 13.0 Å². The summed E-state index contributed by atoms with van der Waals surface area (Å²) < 4.78 is 4.98. The van der Waals surface area contributed by atoms with Crippen molar-refractivity contribution in [1.82, 2.24) is 5.06 Å². The zero-order chi connectivity index (χ0) is 9.14. The molecule has 1 aromatic heterocycles. The van der Waals surface area contributed by atoms with E-state index >= 15 is 0 Å². The lowest BCUT2D eigenvalue weighted by Gasteiger charge is -2.11. The van der Waals surface area contributed by atoms with Crippen molar-refractivity contribution in [2.24, 2.45) is 0 Å². The Kier molecular flexibility index (Phi) is 2.50. The number of hydroxylamine groups is 2. The van der Waals surface area contributed by atoms with Gasteiger partial charge in [-0.2, -0.15) is 0 Å². The van der Waals surface area contributed by atoms with Crippen molar-refractivity contribution >= 4 is 5.91 Å². The first-order valence-corrected chi connectivity index (χ1v) is 3.53. The van der Waals surface area contributed by atoms with Gasteiger partial charge in [0.2, 0.25) is 0 Å². The molecule has 1 aromatic rings. The van der Waals surface area contributed by atoms with Crippen LogP contribution in [-0.2, 0) is 4.84 Å². The highest BCUT2D eigenvalue weighted by atomic mass is 16.7. The highest BCUT2D eigenvalue weighted by molar-refractivity contribution is 5.91. The first kappa shape index (κ1) is 8.80. The Morgan fingerprint density at radius 2 is 2.33 bits per heavy atom. The summed E-state index contributed by atoms with van der Waals surface area (Å²) in [5.74, 6) is 0.0411. The molecule has 66 valence electrons. The Bertz CT molecular complexity index is 280. The third-order valence-electron chi connectivity index (χ3n) is 1.62. The molecule has 0 radical (unpaired) electrons. The number of hydrogen-bond acceptors (Lipinski definition) is 3. The Morgan fingerprint density at radius 1 is 1.67 bits per heavy atom. The smallest absolute Gasteiger partial charge is 0.313 e. The number of hydrogen-bond donors (Lipinski definition) is 0. The van der Waals surface area contributed by atoms with E-state index in [0.29, 0.717) is 5.76 Å². The van der Waals surface area contributed by atoms with Crippen molar-refractivity contribution in [3.05, 3.63) is 23.7 Å². The van der Waals surface area contributed by atoms with Crippen LogP contribution in [0.2, 0.25) is 0 Å². The highest BCUT2D eigenvalue weighted by Gasteiger charge is 2.16. The molecule has 0 aromatic carbocycles. The number of amides is 1. The molecule has 0 saturated carbocycles. The average molecular weight is 169 g/mol. The van der Waals surface area contributed by atoms with Crippen LogP contribution >= 0.6 is 0 Å². The molecule has 4 heteroatoms. The summed E-state index contributed by atoms with van der Waals surface area (Å²) in [6.45, 7) is 1.81. The minimum atomic E-state index is -0.278. The summed E-state index contributed by atoms with van der Waals surface area (Å²) in [5, 5.41) is 1.12. The Labute approximate surface area is 70.7 Å². The number of carbonyl (C=O) groups excluding carboxylic acids is 1. The molecule has 0 aliphatic heterocycles. The molecule has 1 amide bonds. The molecular formula is C8H11NO3. The largest absolute Gasteiger partial charge is 0.459 e. The number of carbonyl (C=O) groups is 1. The first-order chi connectivity index (χ1) is 5.66. The maximum atomic E-state index is 11.4. The summed E-state index contributed by atoms with van der Waals surface area (Å²) in [6, 6.07) is 1.73. The number of aryl methyl sites for hydroxylation is 1. The predicted octanol–water partition coefficient (Wildman–Crippen LogP) is 1.22. The van der Waals surface area contributed by atoms with Crippen LogP contribution in [-0.4, -0.2) is 25.1 Å². The second kappa shape index (κ2) is 3.40. The second-order valence-corrected chi connectivity index (χ2v) is 2.42. The van der Waals surface area contributed by atoms with Gasteiger partial charge in [-0.1, -0.05) is 0 Å². The highest BCUT2D eigenvalue weighted by Crippen LogP contribution is 2.10. The van der Waals surface area contributed by atoms with E-state index in [0.717, 1.165) is 10.6 Å². The van der Waals surface area contributed by atoms with E-state index < -0.39 is 0 Å². The lowest BCUT2D eigenvalue weighted by Crippen LogP contribution is -2.25. The standard InChI is InChI=1S/C8H11NO3/c1-6-4-5-12-7(6)8(10)9(2)11-3/h4-5H,1-3H3. The van der Waals surface area contributed by atoms with Crippen LogP contribution in [0.15, 0.2) is 16.7 Å². The third kappa shape index (κ3) is 1.48. The van der Waals surface area contributed by atoms with Crippen molar-refractivity contribution < 1.29 is 14.0 Å². The zero-order valence-corrected chi connectivity index (χ0v) is 7.33. The Morgan fingerprint density at radius 3 is 2.75 bits per heavy atom. The lowest BCUT2D eigenvalue weighted by atomic mass is 10.3. The molecule has 1 rings (SSSR count). The molecule has 4 nitrogen and oxygen atoms in total. The molecule has 0 aliphatic rings. The van der Waals surface area contributed by atoms with E-state index in [2.05, 4.69) is 0 Å². The monoisotopic (exact) mass is 169 g/mol. The maximum Gasteiger partial charge on any atom is 0.313 e. The van der Waals surface area contributed by atoms with Crippen molar-refractivity contribution in [1.29, 1.82) is 0 Å². The fraction of sp³-hybridized carbons (Fsp3) is 0.375. The summed E-state index contributed by atoms with van der Waals surface area (Å²) in [6.07, 6.45) is 1.48. The van der Waals surface area contributed by atoms with E-state index in [-0.39, 0.29) is 5.91 Å². The molecule has 12 heavy (non-hydrogen) atoms. The first-order valence-electron chi connectivity index (χ1n) is 3.53. The van der Waals surface area contributed by atoms with Gasteiger partial charge in [0.05, 0.1) is 13.4 Å². The van der Waals surface area contributed by atoms with Gasteiger partial charge < -0.3 is 4.42 Å². The average Bonchev–Trinajstić information content (AvgIpc) is 2.48. The summed E-state index contributed by atoms with van der Waals surface area (Å²) in [4.78, 5) is 16.1. The molecule has 0 atom stereocenters. The minimum absolute atomic E-state index is 0.278. The molecule has 0 saturated heterocycles. The van der Waals surface area contributed by atoms with Crippen LogP contribution in [0.1, 0.15) is 16.1 Å². The second-order valence-electron chi connectivity index (χ2n) is 2.42. The van der Waals surface area contributed by atoms with Crippen molar-refractivity contribution in [2.75, 3.05) is 14.2 Å². The van der Waals surface area contributed by atoms with Gasteiger partial charge in [-0.05, 0) is 13.0 Å². The quantitative estimate of drug-likeness (QED) is 0.625. The van der Waals surface area contributed by atoms with Crippen LogP contribution < -0.4 is 0 Å². The molecular weight excluding hydrogens is 158 g/mol. The van der Waals surface area contributed by atoms with Gasteiger partial charge in [0.25, 0.3) is 0 Å². The molecule has 0 N–H and O–H groups in total. The third-order valence-corrected chi connectivity index (χ3v) is 1.62. The van der Waals surface area contributed by atoms with Crippen molar-refractivity contribution in [3.8, 4) is 0 Å². The van der Waals surface area contributed by atoms with Gasteiger partial charge in [0.15, 0.2) is 5.76 Å². The fourth-order valence-electron chi connectivity index (χ4n) is 0.818. The van der Waals surface area contributed by atoms with Crippen molar-refractivity contribution in [3.63, 3.8) is 0 Å². The van der Waals surface area contributed by atoms with Crippen molar-refractivity contribution in [2.45, 2.75) is 6.92 Å². The molecule has 1 heterocycles. The lowest BCUT2D eigenvalue weighted by molar-refractivity contribution is -0.0774. The van der Waals surface area contributed by atoms with Gasteiger partial charge in [0, 0.05) is 12.6 Å². The van der Waals surface area contributed by atoms with Crippen LogP contribution in [0.5, 0.6) is 0 Å². The van der Waals surface area contributed by atoms with Gasteiger partial charge in [-0.15, -0.1) is 0 Å². The SMILES string of the molecule is CON(C)C(=O)c1occc1C. The van der Waals surface area contributed by atoms with E-state index in [9.17, 15) is 4.79 Å². The van der Waals surface area contributed by atoms with E-state index in [4.69, 9.17) is 9.25 Å². The molecule has 0 unspecified atom stereocenters. The molecule has 0 fully saturated rings. The number of nitrogens with zero attached hydrogens (tertiary/aromatic N) is 1. The van der Waals surface area contributed by atoms with Crippen LogP contribution in [0.3, 0.4) is 0 Å². The van der Waals surface area contributed by atoms with Gasteiger partial charge in [-0.25, -0.2) is 5.06 Å². The van der Waals surface area contributed by atoms with E-state index in [1.165, 1.54) is 20.4 Å². The Hall–Kier alpha value is -1.29. The Balaban J connectivity index is 2.85. The molecule has 0 spiro atoms. The predicted molar refractivity (Wildman–Crippen MR) is 42.5 cm³/mol. The van der Waals surface area contributed by atoms with Gasteiger partial charge in [0.1, 0.15) is 0 Å².